The summed E-state index contributed by atoms with van der Waals surface area (Å²) in [6, 6.07) is 67.4. The second kappa shape index (κ2) is 32.5. The van der Waals surface area contributed by atoms with Gasteiger partial charge in [0.1, 0.15) is 0 Å². The summed E-state index contributed by atoms with van der Waals surface area (Å²) in [6.45, 7) is 7.61. The molecule has 0 spiro atoms. The molecule has 0 saturated heterocycles. The van der Waals surface area contributed by atoms with E-state index in [2.05, 4.69) is 105 Å². The number of furan rings is 1. The van der Waals surface area contributed by atoms with Gasteiger partial charge in [-0.05, 0) is 94.7 Å². The average molecular weight is 1620 g/mol. The molecule has 0 atom stereocenters. The van der Waals surface area contributed by atoms with Gasteiger partial charge in [0.05, 0.1) is 32.6 Å². The molecule has 2 N–H and O–H groups in total. The maximum Gasteiger partial charge on any atom is 0.155 e. The van der Waals surface area contributed by atoms with Crippen LogP contribution in [0.4, 0.5) is 0 Å². The fourth-order valence-electron chi connectivity index (χ4n) is 6.64. The monoisotopic (exact) mass is 1620 g/mol. The van der Waals surface area contributed by atoms with Crippen molar-refractivity contribution in [3.63, 3.8) is 0 Å². The van der Waals surface area contributed by atoms with Crippen LogP contribution in [0.25, 0.3) is 83.1 Å². The van der Waals surface area contributed by atoms with Crippen molar-refractivity contribution in [2.75, 3.05) is 0 Å². The molecule has 0 aliphatic heterocycles. The number of nitrogens with zero attached hydrogens (tertiary/aromatic N) is 4. The van der Waals surface area contributed by atoms with Crippen LogP contribution in [-0.4, -0.2) is 41.7 Å². The number of aromatic nitrogens is 4. The molecule has 12 rings (SSSR count). The van der Waals surface area contributed by atoms with E-state index in [4.69, 9.17) is 14.6 Å². The Balaban J connectivity index is 0.000000204. The number of allylic oxidation sites excluding steroid dienone is 4. The molecule has 0 unspecified atom stereocenters. The normalized spacial score (nSPS) is 10.5. The molecule has 77 heavy (non-hydrogen) atoms. The number of rotatable bonds is 6. The smallest absolute Gasteiger partial charge is 0.155 e. The van der Waals surface area contributed by atoms with Crippen LogP contribution in [0, 0.1) is 31.2 Å². The van der Waals surface area contributed by atoms with Gasteiger partial charge in [-0.15, -0.1) is 95.2 Å². The molecule has 7 aromatic heterocycles. The molecule has 5 aromatic carbocycles. The maximum absolute atomic E-state index is 10.0. The zero-order valence-electron chi connectivity index (χ0n) is 41.9. The molecule has 9 nitrogen and oxygen atoms in total. The summed E-state index contributed by atoms with van der Waals surface area (Å²) >= 11 is 6.85. The van der Waals surface area contributed by atoms with E-state index in [9.17, 15) is 9.59 Å². The number of fused-ring (bicyclic) bond motifs is 4. The second-order valence-electron chi connectivity index (χ2n) is 15.9. The van der Waals surface area contributed by atoms with Crippen LogP contribution in [0.1, 0.15) is 33.5 Å². The summed E-state index contributed by atoms with van der Waals surface area (Å²) in [5.41, 5.74) is 5.10. The van der Waals surface area contributed by atoms with Crippen molar-refractivity contribution >= 4 is 97.5 Å². The summed E-state index contributed by atoms with van der Waals surface area (Å²) in [6.07, 6.45) is 5.93. The van der Waals surface area contributed by atoms with E-state index < -0.39 is 0 Å². The number of aliphatic hydroxyl groups is 2. The first-order chi connectivity index (χ1) is 35.9. The Morgan fingerprint density at radius 2 is 0.961 bits per heavy atom. The van der Waals surface area contributed by atoms with Crippen LogP contribution in [0.3, 0.4) is 0 Å². The third-order valence-corrected chi connectivity index (χ3v) is 14.1. The summed E-state index contributed by atoms with van der Waals surface area (Å²) in [7, 11) is 0. The summed E-state index contributed by atoms with van der Waals surface area (Å²) < 4.78 is 10.4. The molecular weight excluding hydrogens is 1570 g/mol. The third-order valence-electron chi connectivity index (χ3n) is 9.71. The van der Waals surface area contributed by atoms with Gasteiger partial charge in [0.25, 0.3) is 0 Å². The Morgan fingerprint density at radius 3 is 1.40 bits per heavy atom. The first-order valence-electron chi connectivity index (χ1n) is 23.0. The number of hydrogen-bond donors (Lipinski definition) is 2. The van der Waals surface area contributed by atoms with Gasteiger partial charge in [0.2, 0.25) is 0 Å². The van der Waals surface area contributed by atoms with Crippen LogP contribution in [0.15, 0.2) is 204 Å². The Morgan fingerprint density at radius 1 is 0.506 bits per heavy atom. The van der Waals surface area contributed by atoms with Crippen molar-refractivity contribution < 1.29 is 84.5 Å². The molecule has 0 fully saturated rings. The summed E-state index contributed by atoms with van der Waals surface area (Å²) in [5, 5.41) is 21.0. The van der Waals surface area contributed by atoms with Crippen molar-refractivity contribution in [2.45, 2.75) is 34.6 Å². The minimum absolute atomic E-state index is 0. The van der Waals surface area contributed by atoms with Gasteiger partial charge < -0.3 is 24.6 Å². The molecule has 7 heterocycles. The van der Waals surface area contributed by atoms with E-state index in [1.165, 1.54) is 69.4 Å². The van der Waals surface area contributed by atoms with Crippen LogP contribution >= 0.6 is 45.3 Å². The number of thiophene rings is 2. The molecule has 16 heteroatoms. The standard InChI is InChI=1S/C15H8NS2.C13H8NS.C12H8NOS.C11H8N.2C5H8O2.3Ir/c1-3-7-12-10(5-1)9-14(17-12)15-16-11-6-2-4-8-13(11)18-15;1-2-7-12-10(5-1)9-13(15-12)11-6-3-4-8-14-11;1-8-6-7-10(14-8)12-13-9-4-2-3-5-11(9)15-12;1-2-6-10(7-3-1)11-8-4-5-9-12-11;2*1-4(6)3-5(2)7;;;/h1-8H;1-8H;2-6H,1H3;1-6,8-9H;2*3,6H,1-2H3;;;/q4*-1;;;;;. The van der Waals surface area contributed by atoms with Crippen molar-refractivity contribution in [2.24, 2.45) is 0 Å². The number of carbonyl (C=O) groups is 2. The van der Waals surface area contributed by atoms with E-state index in [0.29, 0.717) is 0 Å². The molecule has 12 aromatic rings. The van der Waals surface area contributed by atoms with Crippen molar-refractivity contribution in [3.8, 4) is 42.5 Å². The average Bonchev–Trinajstić information content (AvgIpc) is 4.27. The molecule has 0 amide bonds. The van der Waals surface area contributed by atoms with Gasteiger partial charge in [0, 0.05) is 106 Å². The number of hydrogen-bond acceptors (Lipinski definition) is 13. The van der Waals surface area contributed by atoms with Gasteiger partial charge in [-0.1, -0.05) is 79.7 Å². The third kappa shape index (κ3) is 19.9. The van der Waals surface area contributed by atoms with E-state index in [1.807, 2.05) is 116 Å². The number of thiazole rings is 2. The van der Waals surface area contributed by atoms with E-state index in [0.717, 1.165) is 59.3 Å². The number of pyridine rings is 2. The van der Waals surface area contributed by atoms with Crippen molar-refractivity contribution in [1.29, 1.82) is 0 Å². The largest absolute Gasteiger partial charge is 0.542 e. The predicted octanol–water partition coefficient (Wildman–Crippen LogP) is 17.0. The van der Waals surface area contributed by atoms with Gasteiger partial charge in [-0.2, -0.15) is 22.7 Å². The minimum Gasteiger partial charge on any atom is -0.542 e. The quantitative estimate of drug-likeness (QED) is 0.0946. The first-order valence-corrected chi connectivity index (χ1v) is 26.2. The maximum atomic E-state index is 10.0. The number of ketones is 2. The van der Waals surface area contributed by atoms with Crippen molar-refractivity contribution in [3.05, 3.63) is 230 Å². The predicted molar refractivity (Wildman–Crippen MR) is 307 cm³/mol. The van der Waals surface area contributed by atoms with E-state index in [-0.39, 0.29) is 83.4 Å². The number of aryl methyl sites for hydroxylation is 1. The van der Waals surface area contributed by atoms with Gasteiger partial charge in [-0.3, -0.25) is 19.6 Å². The van der Waals surface area contributed by atoms with Gasteiger partial charge in [-0.25, -0.2) is 22.7 Å². The molecule has 3 radical (unpaired) electrons. The van der Waals surface area contributed by atoms with Crippen LogP contribution < -0.4 is 0 Å². The molecule has 0 saturated carbocycles. The first kappa shape index (κ1) is 63.3. The van der Waals surface area contributed by atoms with Crippen LogP contribution in [-0.2, 0) is 69.9 Å². The summed E-state index contributed by atoms with van der Waals surface area (Å²) in [4.78, 5) is 40.0. The number of aliphatic hydroxyl groups excluding tert-OH is 2. The second-order valence-corrected chi connectivity index (χ2v) is 20.1. The zero-order valence-corrected chi connectivity index (χ0v) is 52.4. The Labute approximate surface area is 504 Å². The van der Waals surface area contributed by atoms with Crippen LogP contribution in [0.2, 0.25) is 0 Å². The SMILES string of the molecule is CC(=O)C=C(C)O.CC(=O)C=C(C)O.Cc1c[c-]c(-c2nc3ccccc3s2)o1.[Ir].[Ir].[Ir].[c-]1c(-c2ccccn2)sc2ccccc12.[c-]1c(-c2nc3ccccc3s2)sc2ccccc12.[c-]1ccccc1-c1ccccn1. The molecule has 0 aliphatic rings. The van der Waals surface area contributed by atoms with Gasteiger partial charge in [0.15, 0.2) is 11.6 Å². The number of para-hydroxylation sites is 2. The van der Waals surface area contributed by atoms with Crippen LogP contribution in [0.5, 0.6) is 0 Å². The number of carbonyl (C=O) groups excluding carboxylic acids is 2. The Bertz CT molecular complexity index is 3500. The summed E-state index contributed by atoms with van der Waals surface area (Å²) in [5.74, 6) is 1.47. The van der Waals surface area contributed by atoms with E-state index in [1.54, 1.807) is 51.5 Å². The molecule has 0 aliphatic carbocycles. The molecule has 0 bridgehead atoms. The Kier molecular flexibility index (Phi) is 26.7. The zero-order chi connectivity index (χ0) is 52.2. The Hall–Kier alpha value is -6.25. The molecule has 397 valence electrons. The molecular formula is C61H48Ir3N4O5S4-4. The minimum atomic E-state index is -0.125. The fourth-order valence-corrected chi connectivity index (χ4v) is 10.5. The van der Waals surface area contributed by atoms with E-state index >= 15 is 0 Å². The topological polar surface area (TPSA) is 139 Å². The number of benzene rings is 5. The van der Waals surface area contributed by atoms with Gasteiger partial charge >= 0.3 is 0 Å². The fraction of sp³-hybridized carbons (Fsp3) is 0.0820. The van der Waals surface area contributed by atoms with Crippen molar-refractivity contribution in [1.82, 2.24) is 19.9 Å².